The summed E-state index contributed by atoms with van der Waals surface area (Å²) in [5.74, 6) is -1.31. The average Bonchev–Trinajstić information content (AvgIpc) is 2.74. The highest BCUT2D eigenvalue weighted by molar-refractivity contribution is 5.88. The second kappa shape index (κ2) is 5.04. The molecule has 0 aliphatic carbocycles. The molecule has 8 nitrogen and oxygen atoms in total. The number of likely N-dealkylation sites (N-methyl/N-ethyl adjacent to an activating group) is 1. The van der Waals surface area contributed by atoms with E-state index >= 15 is 0 Å². The number of aliphatic carboxylic acids is 1. The number of carbonyl (C=O) groups is 3. The van der Waals surface area contributed by atoms with Crippen LogP contribution in [-0.4, -0.2) is 88.2 Å². The van der Waals surface area contributed by atoms with Crippen LogP contribution in [0.2, 0.25) is 0 Å². The molecule has 19 heavy (non-hydrogen) atoms. The third kappa shape index (κ3) is 2.62. The minimum atomic E-state index is -1.13. The highest BCUT2D eigenvalue weighted by atomic mass is 16.4. The summed E-state index contributed by atoms with van der Waals surface area (Å²) in [7, 11) is 1.66. The van der Waals surface area contributed by atoms with Crippen molar-refractivity contribution >= 4 is 17.9 Å². The van der Waals surface area contributed by atoms with Crippen molar-refractivity contribution in [2.24, 2.45) is 0 Å². The number of nitrogens with zero attached hydrogens (tertiary/aromatic N) is 3. The fourth-order valence-corrected chi connectivity index (χ4v) is 2.36. The van der Waals surface area contributed by atoms with Crippen molar-refractivity contribution < 1.29 is 24.6 Å². The molecular weight excluding hydrogens is 254 g/mol. The average molecular weight is 271 g/mol. The van der Waals surface area contributed by atoms with Gasteiger partial charge in [0.25, 0.3) is 0 Å². The van der Waals surface area contributed by atoms with E-state index in [2.05, 4.69) is 0 Å². The van der Waals surface area contributed by atoms with Gasteiger partial charge in [-0.25, -0.2) is 9.59 Å². The topological polar surface area (TPSA) is 101 Å². The fourth-order valence-electron chi connectivity index (χ4n) is 2.36. The number of rotatable bonds is 1. The Bertz CT molecular complexity index is 413. The molecule has 2 aliphatic rings. The lowest BCUT2D eigenvalue weighted by atomic mass is 10.2. The predicted molar refractivity (Wildman–Crippen MR) is 63.4 cm³/mol. The van der Waals surface area contributed by atoms with Gasteiger partial charge in [0.15, 0.2) is 0 Å². The van der Waals surface area contributed by atoms with Gasteiger partial charge in [-0.1, -0.05) is 0 Å². The van der Waals surface area contributed by atoms with Crippen LogP contribution >= 0.6 is 0 Å². The lowest BCUT2D eigenvalue weighted by Gasteiger charge is -2.35. The van der Waals surface area contributed by atoms with E-state index in [0.29, 0.717) is 13.1 Å². The van der Waals surface area contributed by atoms with Crippen LogP contribution in [-0.2, 0) is 9.59 Å². The van der Waals surface area contributed by atoms with E-state index in [9.17, 15) is 19.5 Å². The molecular formula is C11H17N3O5. The summed E-state index contributed by atoms with van der Waals surface area (Å²) < 4.78 is 0. The van der Waals surface area contributed by atoms with E-state index < -0.39 is 24.1 Å². The minimum Gasteiger partial charge on any atom is -0.480 e. The molecule has 0 aromatic rings. The first kappa shape index (κ1) is 13.6. The number of aliphatic hydroxyl groups excluding tert-OH is 1. The number of hydrogen-bond donors (Lipinski definition) is 2. The Labute approximate surface area is 110 Å². The Morgan fingerprint density at radius 1 is 1.32 bits per heavy atom. The van der Waals surface area contributed by atoms with Crippen LogP contribution in [0.1, 0.15) is 6.42 Å². The van der Waals surface area contributed by atoms with Gasteiger partial charge in [-0.2, -0.15) is 0 Å². The van der Waals surface area contributed by atoms with Crippen LogP contribution in [0.5, 0.6) is 0 Å². The van der Waals surface area contributed by atoms with Crippen molar-refractivity contribution in [1.29, 1.82) is 0 Å². The molecule has 0 aromatic heterocycles. The number of carboxylic acids is 1. The second-order valence-corrected chi connectivity index (χ2v) is 4.92. The quantitative estimate of drug-likeness (QED) is 0.598. The van der Waals surface area contributed by atoms with E-state index in [-0.39, 0.29) is 25.4 Å². The first-order valence-corrected chi connectivity index (χ1v) is 6.10. The molecule has 8 heteroatoms. The zero-order valence-corrected chi connectivity index (χ0v) is 10.7. The monoisotopic (exact) mass is 271 g/mol. The lowest BCUT2D eigenvalue weighted by molar-refractivity contribution is -0.141. The molecule has 0 bridgehead atoms. The molecule has 0 saturated carbocycles. The Morgan fingerprint density at radius 3 is 2.58 bits per heavy atom. The van der Waals surface area contributed by atoms with E-state index in [1.54, 1.807) is 7.05 Å². The molecule has 0 unspecified atom stereocenters. The third-order valence-corrected chi connectivity index (χ3v) is 3.54. The summed E-state index contributed by atoms with van der Waals surface area (Å²) in [4.78, 5) is 38.8. The molecule has 0 aromatic carbocycles. The number of β-amino-alcohol motifs (C(OH)–C–C–N with tert-alkyl or cyclic N) is 1. The van der Waals surface area contributed by atoms with Gasteiger partial charge in [-0.15, -0.1) is 0 Å². The first-order valence-electron chi connectivity index (χ1n) is 6.10. The lowest BCUT2D eigenvalue weighted by Crippen LogP contribution is -2.56. The van der Waals surface area contributed by atoms with Crippen molar-refractivity contribution in [1.82, 2.24) is 14.7 Å². The highest BCUT2D eigenvalue weighted by Gasteiger charge is 2.41. The Balaban J connectivity index is 2.06. The van der Waals surface area contributed by atoms with Gasteiger partial charge in [-0.3, -0.25) is 4.79 Å². The molecule has 2 N–H and O–H groups in total. The van der Waals surface area contributed by atoms with Crippen LogP contribution in [0.4, 0.5) is 4.79 Å². The Hall–Kier alpha value is -1.83. The van der Waals surface area contributed by atoms with Crippen LogP contribution in [0.15, 0.2) is 0 Å². The number of carboxylic acid groups (broad SMARTS) is 1. The van der Waals surface area contributed by atoms with Gasteiger partial charge < -0.3 is 24.9 Å². The number of aliphatic hydroxyl groups is 1. The largest absolute Gasteiger partial charge is 0.480 e. The number of hydrogen-bond acceptors (Lipinski definition) is 4. The van der Waals surface area contributed by atoms with E-state index in [4.69, 9.17) is 5.11 Å². The van der Waals surface area contributed by atoms with Crippen molar-refractivity contribution in [3.05, 3.63) is 0 Å². The van der Waals surface area contributed by atoms with Gasteiger partial charge in [-0.05, 0) is 0 Å². The van der Waals surface area contributed by atoms with E-state index in [0.717, 1.165) is 4.90 Å². The zero-order chi connectivity index (χ0) is 14.2. The second-order valence-electron chi connectivity index (χ2n) is 4.92. The number of piperazine rings is 1. The number of urea groups is 1. The number of likely N-dealkylation sites (tertiary alicyclic amines) is 1. The molecule has 2 rings (SSSR count). The van der Waals surface area contributed by atoms with Gasteiger partial charge in [0, 0.05) is 33.1 Å². The van der Waals surface area contributed by atoms with Gasteiger partial charge in [0.1, 0.15) is 12.6 Å². The molecule has 2 fully saturated rings. The van der Waals surface area contributed by atoms with Crippen LogP contribution in [0.25, 0.3) is 0 Å². The number of carbonyl (C=O) groups excluding carboxylic acids is 2. The highest BCUT2D eigenvalue weighted by Crippen LogP contribution is 2.20. The smallest absolute Gasteiger partial charge is 0.326 e. The molecule has 2 heterocycles. The molecule has 0 radical (unpaired) electrons. The molecule has 106 valence electrons. The zero-order valence-electron chi connectivity index (χ0n) is 10.7. The maximum atomic E-state index is 12.2. The van der Waals surface area contributed by atoms with Crippen molar-refractivity contribution in [3.63, 3.8) is 0 Å². The van der Waals surface area contributed by atoms with Gasteiger partial charge in [0.05, 0.1) is 6.10 Å². The van der Waals surface area contributed by atoms with E-state index in [1.807, 2.05) is 0 Å². The summed E-state index contributed by atoms with van der Waals surface area (Å²) in [5.41, 5.74) is 0. The van der Waals surface area contributed by atoms with Crippen molar-refractivity contribution in [2.45, 2.75) is 18.6 Å². The summed E-state index contributed by atoms with van der Waals surface area (Å²) in [6.45, 7) is 0.753. The summed E-state index contributed by atoms with van der Waals surface area (Å²) in [6.07, 6.45) is -0.795. The van der Waals surface area contributed by atoms with Crippen LogP contribution in [0, 0.1) is 0 Å². The van der Waals surface area contributed by atoms with Gasteiger partial charge >= 0.3 is 12.0 Å². The molecule has 2 saturated heterocycles. The van der Waals surface area contributed by atoms with E-state index in [1.165, 1.54) is 9.80 Å². The minimum absolute atomic E-state index is 0.00364. The molecule has 0 spiro atoms. The maximum absolute atomic E-state index is 12.2. The third-order valence-electron chi connectivity index (χ3n) is 3.54. The Kier molecular flexibility index (Phi) is 3.61. The van der Waals surface area contributed by atoms with Crippen molar-refractivity contribution in [2.75, 3.05) is 33.2 Å². The number of amides is 3. The predicted octanol–water partition coefficient (Wildman–Crippen LogP) is -1.60. The van der Waals surface area contributed by atoms with Crippen LogP contribution < -0.4 is 0 Å². The summed E-state index contributed by atoms with van der Waals surface area (Å²) >= 11 is 0. The fraction of sp³-hybridized carbons (Fsp3) is 0.727. The maximum Gasteiger partial charge on any atom is 0.326 e. The summed E-state index contributed by atoms with van der Waals surface area (Å²) in [5, 5.41) is 18.6. The first-order chi connectivity index (χ1) is 8.90. The molecule has 3 amide bonds. The van der Waals surface area contributed by atoms with Gasteiger partial charge in [0.2, 0.25) is 5.91 Å². The van der Waals surface area contributed by atoms with Crippen LogP contribution in [0.3, 0.4) is 0 Å². The summed E-state index contributed by atoms with van der Waals surface area (Å²) in [6, 6.07) is -1.51. The molecule has 2 atom stereocenters. The normalized spacial score (nSPS) is 27.9. The van der Waals surface area contributed by atoms with Crippen molar-refractivity contribution in [3.8, 4) is 0 Å². The Morgan fingerprint density at radius 2 is 2.00 bits per heavy atom. The molecule has 2 aliphatic heterocycles. The standard InChI is InChI=1S/C11H17N3O5/c1-12-2-3-13(6-9(12)16)11(19)14-5-7(15)4-8(14)10(17)18/h7-8,15H,2-6H2,1H3,(H,17,18)/t7-,8-/m1/s1. The SMILES string of the molecule is CN1CCN(C(=O)N2C[C@H](O)C[C@@H]2C(=O)O)CC1=O.